The van der Waals surface area contributed by atoms with Crippen LogP contribution in [0.1, 0.15) is 78.9 Å². The van der Waals surface area contributed by atoms with E-state index >= 15 is 0 Å². The third-order valence-electron chi connectivity index (χ3n) is 5.79. The van der Waals surface area contributed by atoms with Crippen molar-refractivity contribution in [1.82, 2.24) is 5.06 Å². The molecule has 0 radical (unpaired) electrons. The van der Waals surface area contributed by atoms with Crippen LogP contribution in [0.25, 0.3) is 0 Å². The van der Waals surface area contributed by atoms with E-state index in [1.165, 1.54) is 0 Å². The molecule has 2 atom stereocenters. The van der Waals surface area contributed by atoms with Gasteiger partial charge >= 0.3 is 5.97 Å². The van der Waals surface area contributed by atoms with Crippen molar-refractivity contribution in [2.75, 3.05) is 0 Å². The van der Waals surface area contributed by atoms with Crippen molar-refractivity contribution in [3.8, 4) is 0 Å². The lowest BCUT2D eigenvalue weighted by Gasteiger charge is -2.56. The highest BCUT2D eigenvalue weighted by molar-refractivity contribution is 5.87. The van der Waals surface area contributed by atoms with Crippen molar-refractivity contribution in [3.63, 3.8) is 0 Å². The predicted molar refractivity (Wildman–Crippen MR) is 109 cm³/mol. The molecule has 0 N–H and O–H groups in total. The number of ether oxygens (including phenoxy) is 1. The van der Waals surface area contributed by atoms with Crippen LogP contribution in [0.2, 0.25) is 0 Å². The zero-order valence-electron chi connectivity index (χ0n) is 17.7. The van der Waals surface area contributed by atoms with Crippen LogP contribution in [-0.2, 0) is 14.4 Å². The minimum absolute atomic E-state index is 0.0440. The number of hydrogen-bond acceptors (Lipinski definition) is 4. The Morgan fingerprint density at radius 2 is 1.81 bits per heavy atom. The molecule has 0 amide bonds. The van der Waals surface area contributed by atoms with Crippen LogP contribution < -0.4 is 0 Å². The summed E-state index contributed by atoms with van der Waals surface area (Å²) in [5.74, 6) is -0.302. The van der Waals surface area contributed by atoms with E-state index in [9.17, 15) is 4.79 Å². The predicted octanol–water partition coefficient (Wildman–Crippen LogP) is 5.60. The van der Waals surface area contributed by atoms with Crippen LogP contribution >= 0.6 is 0 Å². The largest absolute Gasteiger partial charge is 0.459 e. The fourth-order valence-corrected chi connectivity index (χ4v) is 4.22. The summed E-state index contributed by atoms with van der Waals surface area (Å²) in [6.45, 7) is 16.2. The fourth-order valence-electron chi connectivity index (χ4n) is 4.22. The molecule has 0 aliphatic carbocycles. The van der Waals surface area contributed by atoms with Crippen molar-refractivity contribution < 1.29 is 14.4 Å². The quantitative estimate of drug-likeness (QED) is 0.461. The van der Waals surface area contributed by atoms with E-state index < -0.39 is 0 Å². The third kappa shape index (κ3) is 4.80. The first-order valence-electron chi connectivity index (χ1n) is 10.0. The molecule has 0 bridgehead atoms. The Bertz CT molecular complexity index is 649. The molecule has 150 valence electrons. The Kier molecular flexibility index (Phi) is 6.87. The lowest BCUT2D eigenvalue weighted by atomic mass is 9.75. The van der Waals surface area contributed by atoms with Crippen molar-refractivity contribution in [2.24, 2.45) is 0 Å². The minimum Gasteiger partial charge on any atom is -0.459 e. The maximum atomic E-state index is 12.1. The van der Waals surface area contributed by atoms with E-state index in [0.29, 0.717) is 5.57 Å². The molecule has 0 saturated carbocycles. The number of esters is 1. The Balaban J connectivity index is 2.27. The number of rotatable bonds is 7. The lowest BCUT2D eigenvalue weighted by molar-refractivity contribution is -0.323. The lowest BCUT2D eigenvalue weighted by Crippen LogP contribution is -2.64. The highest BCUT2D eigenvalue weighted by atomic mass is 16.7. The average Bonchev–Trinajstić information content (AvgIpc) is 2.63. The van der Waals surface area contributed by atoms with Gasteiger partial charge in [0.25, 0.3) is 0 Å². The summed E-state index contributed by atoms with van der Waals surface area (Å²) in [6.07, 6.45) is 3.18. The fraction of sp³-hybridized carbons (Fsp3) is 0.609. The molecule has 1 aliphatic heterocycles. The Hall–Kier alpha value is -1.65. The molecule has 1 aromatic rings. The second-order valence-corrected chi connectivity index (χ2v) is 8.41. The van der Waals surface area contributed by atoms with E-state index in [0.717, 1.165) is 31.2 Å². The normalized spacial score (nSPS) is 22.8. The Labute approximate surface area is 164 Å². The molecule has 0 aromatic heterocycles. The van der Waals surface area contributed by atoms with Crippen molar-refractivity contribution in [3.05, 3.63) is 48.0 Å². The number of piperidine rings is 1. The number of benzene rings is 1. The van der Waals surface area contributed by atoms with Gasteiger partial charge in [-0.2, -0.15) is 5.06 Å². The van der Waals surface area contributed by atoms with Gasteiger partial charge in [-0.3, -0.25) is 4.84 Å². The van der Waals surface area contributed by atoms with Gasteiger partial charge in [0.1, 0.15) is 12.2 Å². The molecule has 1 saturated heterocycles. The van der Waals surface area contributed by atoms with E-state index in [4.69, 9.17) is 9.57 Å². The zero-order valence-corrected chi connectivity index (χ0v) is 17.7. The Morgan fingerprint density at radius 1 is 1.22 bits per heavy atom. The van der Waals surface area contributed by atoms with Crippen molar-refractivity contribution >= 4 is 5.97 Å². The summed E-state index contributed by atoms with van der Waals surface area (Å²) in [6, 6.07) is 10.3. The summed E-state index contributed by atoms with van der Waals surface area (Å²) in [5, 5.41) is 2.20. The van der Waals surface area contributed by atoms with Gasteiger partial charge in [0, 0.05) is 29.5 Å². The molecule has 4 nitrogen and oxygen atoms in total. The van der Waals surface area contributed by atoms with Gasteiger partial charge < -0.3 is 4.74 Å². The zero-order chi connectivity index (χ0) is 20.2. The van der Waals surface area contributed by atoms with Gasteiger partial charge in [-0.25, -0.2) is 4.79 Å². The van der Waals surface area contributed by atoms with Gasteiger partial charge in [0.15, 0.2) is 0 Å². The van der Waals surface area contributed by atoms with Crippen molar-refractivity contribution in [2.45, 2.75) is 90.5 Å². The molecule has 1 aliphatic rings. The summed E-state index contributed by atoms with van der Waals surface area (Å²) in [5.41, 5.74) is 1.17. The molecule has 1 heterocycles. The smallest absolute Gasteiger partial charge is 0.333 e. The van der Waals surface area contributed by atoms with E-state index in [-0.39, 0.29) is 29.3 Å². The summed E-state index contributed by atoms with van der Waals surface area (Å²) in [4.78, 5) is 18.7. The van der Waals surface area contributed by atoms with Crippen LogP contribution in [-0.4, -0.2) is 28.2 Å². The molecule has 2 rings (SSSR count). The second-order valence-electron chi connectivity index (χ2n) is 8.41. The van der Waals surface area contributed by atoms with E-state index in [1.807, 2.05) is 18.2 Å². The third-order valence-corrected chi connectivity index (χ3v) is 5.79. The van der Waals surface area contributed by atoms with Crippen LogP contribution in [0, 0.1) is 0 Å². The minimum atomic E-state index is -0.302. The topological polar surface area (TPSA) is 38.8 Å². The average molecular weight is 374 g/mol. The number of carbonyl (C=O) groups excluding carboxylic acids is 1. The van der Waals surface area contributed by atoms with Gasteiger partial charge in [-0.1, -0.05) is 50.8 Å². The monoisotopic (exact) mass is 373 g/mol. The SMILES string of the molecule is C=C(C)C(=O)OC1CC(C)(C)N(OC(C)c2ccccc2)C(CC)(CC)C1. The van der Waals surface area contributed by atoms with Gasteiger partial charge in [-0.15, -0.1) is 0 Å². The molecule has 4 heteroatoms. The molecule has 27 heavy (non-hydrogen) atoms. The molecule has 0 spiro atoms. The first-order valence-corrected chi connectivity index (χ1v) is 10.0. The molecule has 1 aromatic carbocycles. The highest BCUT2D eigenvalue weighted by Gasteiger charge is 2.51. The first kappa shape index (κ1) is 21.6. The number of carbonyl (C=O) groups is 1. The van der Waals surface area contributed by atoms with Gasteiger partial charge in [-0.05, 0) is 46.1 Å². The Morgan fingerprint density at radius 3 is 2.33 bits per heavy atom. The number of hydrogen-bond donors (Lipinski definition) is 0. The maximum Gasteiger partial charge on any atom is 0.333 e. The van der Waals surface area contributed by atoms with E-state index in [2.05, 4.69) is 58.4 Å². The maximum absolute atomic E-state index is 12.1. The first-order chi connectivity index (χ1) is 12.6. The molecular weight excluding hydrogens is 338 g/mol. The van der Waals surface area contributed by atoms with Crippen molar-refractivity contribution in [1.29, 1.82) is 0 Å². The van der Waals surface area contributed by atoms with Gasteiger partial charge in [0.05, 0.1) is 0 Å². The van der Waals surface area contributed by atoms with Crippen LogP contribution in [0.5, 0.6) is 0 Å². The van der Waals surface area contributed by atoms with Crippen LogP contribution in [0.3, 0.4) is 0 Å². The van der Waals surface area contributed by atoms with Gasteiger partial charge in [0.2, 0.25) is 0 Å². The summed E-state index contributed by atoms with van der Waals surface area (Å²) < 4.78 is 5.76. The molecule has 1 fully saturated rings. The molecule has 2 unspecified atom stereocenters. The summed E-state index contributed by atoms with van der Waals surface area (Å²) >= 11 is 0. The standard InChI is InChI=1S/C23H35NO3/c1-8-23(9-2)16-20(26-21(25)17(3)4)15-22(6,7)24(23)27-18(5)19-13-11-10-12-14-19/h10-14,18,20H,3,8-9,15-16H2,1-2,4-7H3. The van der Waals surface area contributed by atoms with E-state index in [1.54, 1.807) is 6.92 Å². The van der Waals surface area contributed by atoms with Crippen LogP contribution in [0.15, 0.2) is 42.5 Å². The van der Waals surface area contributed by atoms with Crippen LogP contribution in [0.4, 0.5) is 0 Å². The number of hydroxylamine groups is 2. The second kappa shape index (κ2) is 8.57. The number of nitrogens with zero attached hydrogens (tertiary/aromatic N) is 1. The highest BCUT2D eigenvalue weighted by Crippen LogP contribution is 2.45. The summed E-state index contributed by atoms with van der Waals surface area (Å²) in [7, 11) is 0. The molecular formula is C23H35NO3.